The molecule has 0 saturated heterocycles. The number of nitrogens with zero attached hydrogens (tertiary/aromatic N) is 3. The quantitative estimate of drug-likeness (QED) is 0.464. The number of hydrogen-bond donors (Lipinski definition) is 0. The zero-order chi connectivity index (χ0) is 20.1. The van der Waals surface area contributed by atoms with Gasteiger partial charge in [-0.05, 0) is 86.1 Å². The first-order chi connectivity index (χ1) is 14.7. The Morgan fingerprint density at radius 3 is 2.13 bits per heavy atom. The van der Waals surface area contributed by atoms with Gasteiger partial charge in [0.1, 0.15) is 11.6 Å². The van der Waals surface area contributed by atoms with Crippen LogP contribution in [-0.2, 0) is 11.2 Å². The summed E-state index contributed by atoms with van der Waals surface area (Å²) in [6, 6.07) is 17.3. The molecule has 3 nitrogen and oxygen atoms in total. The number of para-hydroxylation sites is 1. The summed E-state index contributed by atoms with van der Waals surface area (Å²) in [5.74, 6) is 4.34. The molecule has 154 valence electrons. The van der Waals surface area contributed by atoms with Crippen molar-refractivity contribution >= 4 is 11.8 Å². The fourth-order valence-corrected chi connectivity index (χ4v) is 7.54. The third-order valence-corrected chi connectivity index (χ3v) is 8.44. The van der Waals surface area contributed by atoms with Gasteiger partial charge >= 0.3 is 0 Å². The molecule has 4 fully saturated rings. The normalized spacial score (nSPS) is 29.4. The molecule has 5 heteroatoms. The Balaban J connectivity index is 1.38. The molecule has 1 aromatic heterocycles. The van der Waals surface area contributed by atoms with Crippen LogP contribution in [0.25, 0.3) is 5.69 Å². The molecule has 1 heterocycles. The predicted molar refractivity (Wildman–Crippen MR) is 117 cm³/mol. The molecule has 4 bridgehead atoms. The molecule has 0 amide bonds. The highest BCUT2D eigenvalue weighted by atomic mass is 32.2. The lowest BCUT2D eigenvalue weighted by molar-refractivity contribution is -0.0103. The molecule has 0 radical (unpaired) electrons. The highest BCUT2D eigenvalue weighted by Gasteiger charge is 2.54. The molecule has 4 aliphatic carbocycles. The Morgan fingerprint density at radius 2 is 1.50 bits per heavy atom. The van der Waals surface area contributed by atoms with Crippen LogP contribution in [0.1, 0.15) is 49.9 Å². The van der Waals surface area contributed by atoms with Crippen LogP contribution in [0.5, 0.6) is 0 Å². The van der Waals surface area contributed by atoms with E-state index in [1.54, 1.807) is 11.8 Å². The number of halogens is 1. The summed E-state index contributed by atoms with van der Waals surface area (Å²) in [6.07, 6.45) is 8.08. The van der Waals surface area contributed by atoms with Crippen molar-refractivity contribution in [1.82, 2.24) is 14.8 Å². The number of benzene rings is 2. The second-order valence-electron chi connectivity index (χ2n) is 9.59. The van der Waals surface area contributed by atoms with E-state index < -0.39 is 0 Å². The van der Waals surface area contributed by atoms with Crippen LogP contribution in [0.4, 0.5) is 4.39 Å². The highest BCUT2D eigenvalue weighted by molar-refractivity contribution is 7.98. The van der Waals surface area contributed by atoms with Crippen LogP contribution in [0.2, 0.25) is 0 Å². The summed E-state index contributed by atoms with van der Waals surface area (Å²) in [4.78, 5) is 0. The Morgan fingerprint density at radius 1 is 0.867 bits per heavy atom. The van der Waals surface area contributed by atoms with Crippen molar-refractivity contribution in [1.29, 1.82) is 0 Å². The van der Waals surface area contributed by atoms with Gasteiger partial charge in [-0.2, -0.15) is 0 Å². The largest absolute Gasteiger partial charge is 0.274 e. The number of thioether (sulfide) groups is 1. The van der Waals surface area contributed by atoms with Gasteiger partial charge in [-0.25, -0.2) is 4.39 Å². The summed E-state index contributed by atoms with van der Waals surface area (Å²) in [7, 11) is 0. The minimum atomic E-state index is -0.194. The van der Waals surface area contributed by atoms with E-state index in [-0.39, 0.29) is 11.2 Å². The zero-order valence-corrected chi connectivity index (χ0v) is 17.8. The average Bonchev–Trinajstić information content (AvgIpc) is 3.18. The van der Waals surface area contributed by atoms with Crippen LogP contribution in [-0.4, -0.2) is 14.8 Å². The van der Waals surface area contributed by atoms with Crippen molar-refractivity contribution in [2.45, 2.75) is 54.8 Å². The van der Waals surface area contributed by atoms with Crippen LogP contribution in [0, 0.1) is 23.6 Å². The summed E-state index contributed by atoms with van der Waals surface area (Å²) in [5.41, 5.74) is 2.43. The van der Waals surface area contributed by atoms with E-state index in [1.165, 1.54) is 56.5 Å². The molecule has 3 aromatic rings. The Labute approximate surface area is 181 Å². The molecular formula is C25H26FN3S. The van der Waals surface area contributed by atoms with Gasteiger partial charge in [-0.1, -0.05) is 42.1 Å². The topological polar surface area (TPSA) is 30.7 Å². The second kappa shape index (κ2) is 7.23. The number of hydrogen-bond acceptors (Lipinski definition) is 3. The Kier molecular flexibility index (Phi) is 4.48. The van der Waals surface area contributed by atoms with Gasteiger partial charge in [0.15, 0.2) is 5.16 Å². The van der Waals surface area contributed by atoms with Crippen LogP contribution in [0.15, 0.2) is 59.8 Å². The van der Waals surface area contributed by atoms with Crippen LogP contribution < -0.4 is 0 Å². The highest BCUT2D eigenvalue weighted by Crippen LogP contribution is 2.60. The lowest BCUT2D eigenvalue weighted by Crippen LogP contribution is -2.49. The smallest absolute Gasteiger partial charge is 0.196 e. The van der Waals surface area contributed by atoms with E-state index in [4.69, 9.17) is 5.10 Å². The van der Waals surface area contributed by atoms with Crippen molar-refractivity contribution < 1.29 is 4.39 Å². The Bertz CT molecular complexity index is 1010. The third kappa shape index (κ3) is 3.18. The van der Waals surface area contributed by atoms with Crippen LogP contribution in [0.3, 0.4) is 0 Å². The molecule has 0 unspecified atom stereocenters. The molecule has 0 atom stereocenters. The first-order valence-corrected chi connectivity index (χ1v) is 12.1. The van der Waals surface area contributed by atoms with Crippen molar-refractivity contribution in [2.75, 3.05) is 0 Å². The van der Waals surface area contributed by atoms with E-state index in [9.17, 15) is 4.39 Å². The van der Waals surface area contributed by atoms with E-state index in [0.29, 0.717) is 0 Å². The molecule has 2 aromatic carbocycles. The fraction of sp³-hybridized carbons (Fsp3) is 0.440. The summed E-state index contributed by atoms with van der Waals surface area (Å²) in [5, 5.41) is 10.5. The molecule has 0 N–H and O–H groups in total. The Hall–Kier alpha value is -2.14. The van der Waals surface area contributed by atoms with Gasteiger partial charge in [-0.3, -0.25) is 4.57 Å². The molecular weight excluding hydrogens is 393 g/mol. The maximum Gasteiger partial charge on any atom is 0.196 e. The summed E-state index contributed by atoms with van der Waals surface area (Å²) < 4.78 is 15.6. The van der Waals surface area contributed by atoms with Crippen molar-refractivity contribution in [3.63, 3.8) is 0 Å². The first kappa shape index (κ1) is 18.6. The monoisotopic (exact) mass is 419 g/mol. The maximum atomic E-state index is 13.3. The minimum absolute atomic E-state index is 0.187. The van der Waals surface area contributed by atoms with E-state index >= 15 is 0 Å². The van der Waals surface area contributed by atoms with Gasteiger partial charge in [0.2, 0.25) is 0 Å². The molecule has 30 heavy (non-hydrogen) atoms. The van der Waals surface area contributed by atoms with Crippen molar-refractivity contribution in [2.24, 2.45) is 17.8 Å². The average molecular weight is 420 g/mol. The molecule has 7 rings (SSSR count). The summed E-state index contributed by atoms with van der Waals surface area (Å²) >= 11 is 1.69. The second-order valence-corrected chi connectivity index (χ2v) is 10.5. The lowest BCUT2D eigenvalue weighted by atomic mass is 9.49. The van der Waals surface area contributed by atoms with Gasteiger partial charge in [0, 0.05) is 16.9 Å². The zero-order valence-electron chi connectivity index (χ0n) is 17.0. The lowest BCUT2D eigenvalue weighted by Gasteiger charge is -2.56. The van der Waals surface area contributed by atoms with E-state index in [2.05, 4.69) is 40.0 Å². The van der Waals surface area contributed by atoms with Crippen molar-refractivity contribution in [3.8, 4) is 5.69 Å². The summed E-state index contributed by atoms with van der Waals surface area (Å²) in [6.45, 7) is 0. The van der Waals surface area contributed by atoms with Crippen molar-refractivity contribution in [3.05, 3.63) is 71.8 Å². The van der Waals surface area contributed by atoms with Gasteiger partial charge in [-0.15, -0.1) is 10.2 Å². The molecule has 0 aliphatic heterocycles. The first-order valence-electron chi connectivity index (χ1n) is 11.1. The maximum absolute atomic E-state index is 13.3. The van der Waals surface area contributed by atoms with Crippen LogP contribution >= 0.6 is 11.8 Å². The standard InChI is InChI=1S/C25H26FN3S/c26-21-8-6-17(7-9-21)16-30-24-28-27-23(29(24)22-4-2-1-3-5-22)25-13-18-10-19(14-25)12-20(11-18)15-25/h1-9,18-20H,10-16H2. The molecule has 4 saturated carbocycles. The fourth-order valence-electron chi connectivity index (χ4n) is 6.63. The van der Waals surface area contributed by atoms with Gasteiger partial charge in [0.25, 0.3) is 0 Å². The van der Waals surface area contributed by atoms with Gasteiger partial charge < -0.3 is 0 Å². The van der Waals surface area contributed by atoms with E-state index in [0.717, 1.165) is 39.9 Å². The number of aromatic nitrogens is 3. The van der Waals surface area contributed by atoms with E-state index in [1.807, 2.05) is 12.1 Å². The number of rotatable bonds is 5. The third-order valence-electron chi connectivity index (χ3n) is 7.44. The molecule has 4 aliphatic rings. The predicted octanol–water partition coefficient (Wildman–Crippen LogP) is 6.17. The SMILES string of the molecule is Fc1ccc(CSc2nnc(C34CC5CC(CC(C5)C3)C4)n2-c2ccccc2)cc1. The minimum Gasteiger partial charge on any atom is -0.274 e. The molecule has 0 spiro atoms. The van der Waals surface area contributed by atoms with Gasteiger partial charge in [0.05, 0.1) is 0 Å².